The number of rotatable bonds is 3. The van der Waals surface area contributed by atoms with Gasteiger partial charge in [0.25, 0.3) is 15.9 Å². The van der Waals surface area contributed by atoms with Crippen molar-refractivity contribution in [1.29, 1.82) is 0 Å². The molecule has 28 heavy (non-hydrogen) atoms. The zero-order valence-corrected chi connectivity index (χ0v) is 17.2. The Kier molecular flexibility index (Phi) is 4.91. The Morgan fingerprint density at radius 3 is 2.46 bits per heavy atom. The number of amides is 1. The third-order valence-electron chi connectivity index (χ3n) is 5.67. The summed E-state index contributed by atoms with van der Waals surface area (Å²) in [4.78, 5) is 15.0. The molecule has 0 N–H and O–H groups in total. The van der Waals surface area contributed by atoms with E-state index < -0.39 is 10.0 Å². The van der Waals surface area contributed by atoms with E-state index in [0.29, 0.717) is 30.4 Å². The zero-order chi connectivity index (χ0) is 19.9. The largest absolute Gasteiger partial charge is 0.338 e. The second-order valence-electron chi connectivity index (χ2n) is 8.14. The van der Waals surface area contributed by atoms with Crippen LogP contribution in [0.4, 0.5) is 5.69 Å². The van der Waals surface area contributed by atoms with Crippen LogP contribution in [0.1, 0.15) is 36.2 Å². The molecular formula is C22H26N2O3S. The summed E-state index contributed by atoms with van der Waals surface area (Å²) in [5, 5.41) is 0. The highest BCUT2D eigenvalue weighted by Gasteiger charge is 2.32. The Bertz CT molecular complexity index is 992. The maximum Gasteiger partial charge on any atom is 0.264 e. The lowest BCUT2D eigenvalue weighted by Crippen LogP contribution is -2.42. The number of hydrogen-bond acceptors (Lipinski definition) is 3. The van der Waals surface area contributed by atoms with E-state index in [0.717, 1.165) is 30.8 Å². The van der Waals surface area contributed by atoms with E-state index in [1.807, 2.05) is 29.2 Å². The Morgan fingerprint density at radius 2 is 1.71 bits per heavy atom. The molecule has 4 rings (SSSR count). The fraction of sp³-hybridized carbons (Fsp3) is 0.409. The first-order chi connectivity index (χ1) is 13.4. The van der Waals surface area contributed by atoms with Crippen molar-refractivity contribution in [3.05, 3.63) is 59.7 Å². The van der Waals surface area contributed by atoms with E-state index >= 15 is 0 Å². The molecule has 2 unspecified atom stereocenters. The number of anilines is 1. The third-order valence-corrected chi connectivity index (χ3v) is 7.48. The molecule has 5 nitrogen and oxygen atoms in total. The molecule has 2 heterocycles. The molecule has 2 atom stereocenters. The number of carbonyl (C=O) groups excluding carboxylic acids is 1. The molecular weight excluding hydrogens is 372 g/mol. The normalized spacial score (nSPS) is 22.2. The topological polar surface area (TPSA) is 57.7 Å². The van der Waals surface area contributed by atoms with Gasteiger partial charge in [-0.3, -0.25) is 9.10 Å². The summed E-state index contributed by atoms with van der Waals surface area (Å²) >= 11 is 0. The molecule has 2 aliphatic heterocycles. The van der Waals surface area contributed by atoms with Crippen LogP contribution in [0.15, 0.2) is 53.4 Å². The van der Waals surface area contributed by atoms with Gasteiger partial charge in [0.2, 0.25) is 0 Å². The van der Waals surface area contributed by atoms with E-state index in [4.69, 9.17) is 0 Å². The molecule has 2 aromatic rings. The van der Waals surface area contributed by atoms with Gasteiger partial charge in [-0.15, -0.1) is 0 Å². The number of sulfonamides is 1. The van der Waals surface area contributed by atoms with Crippen molar-refractivity contribution >= 4 is 21.6 Å². The van der Waals surface area contributed by atoms with Gasteiger partial charge in [-0.2, -0.15) is 0 Å². The first-order valence-electron chi connectivity index (χ1n) is 9.86. The van der Waals surface area contributed by atoms with Crippen molar-refractivity contribution in [1.82, 2.24) is 4.90 Å². The summed E-state index contributed by atoms with van der Waals surface area (Å²) in [5.41, 5.74) is 2.21. The van der Waals surface area contributed by atoms with Gasteiger partial charge in [0, 0.05) is 25.2 Å². The van der Waals surface area contributed by atoms with Gasteiger partial charge in [-0.05, 0) is 54.5 Å². The monoisotopic (exact) mass is 398 g/mol. The zero-order valence-electron chi connectivity index (χ0n) is 16.3. The van der Waals surface area contributed by atoms with Crippen LogP contribution in [0.5, 0.6) is 0 Å². The standard InChI is InChI=1S/C22H26N2O3S/c1-16-12-17(2)15-23(14-16)22(25)19-7-5-8-20(13-19)28(26,27)24-11-10-18-6-3-4-9-21(18)24/h3-9,13,16-17H,10-12,14-15H2,1-2H3. The van der Waals surface area contributed by atoms with E-state index in [2.05, 4.69) is 13.8 Å². The van der Waals surface area contributed by atoms with Crippen LogP contribution >= 0.6 is 0 Å². The van der Waals surface area contributed by atoms with Crippen molar-refractivity contribution in [3.8, 4) is 0 Å². The number of fused-ring (bicyclic) bond motifs is 1. The van der Waals surface area contributed by atoms with Crippen LogP contribution in [0, 0.1) is 11.8 Å². The average Bonchev–Trinajstić information content (AvgIpc) is 3.12. The highest BCUT2D eigenvalue weighted by Crippen LogP contribution is 2.33. The predicted octanol–water partition coefficient (Wildman–Crippen LogP) is 3.56. The van der Waals surface area contributed by atoms with E-state index in [-0.39, 0.29) is 10.8 Å². The van der Waals surface area contributed by atoms with Gasteiger partial charge < -0.3 is 4.90 Å². The Hall–Kier alpha value is -2.34. The van der Waals surface area contributed by atoms with Crippen LogP contribution in [0.25, 0.3) is 0 Å². The Morgan fingerprint density at radius 1 is 1.00 bits per heavy atom. The van der Waals surface area contributed by atoms with Crippen molar-refractivity contribution in [3.63, 3.8) is 0 Å². The Labute approximate surface area is 167 Å². The maximum atomic E-state index is 13.3. The maximum absolute atomic E-state index is 13.3. The molecule has 0 radical (unpaired) electrons. The average molecular weight is 399 g/mol. The molecule has 0 spiro atoms. The molecule has 0 aromatic heterocycles. The van der Waals surface area contributed by atoms with Gasteiger partial charge in [-0.25, -0.2) is 8.42 Å². The number of para-hydroxylation sites is 1. The first kappa shape index (κ1) is 19.0. The summed E-state index contributed by atoms with van der Waals surface area (Å²) < 4.78 is 28.0. The number of benzene rings is 2. The fourth-order valence-electron chi connectivity index (χ4n) is 4.49. The lowest BCUT2D eigenvalue weighted by atomic mass is 9.91. The van der Waals surface area contributed by atoms with Crippen LogP contribution in [0.3, 0.4) is 0 Å². The minimum absolute atomic E-state index is 0.0859. The molecule has 2 aromatic carbocycles. The quantitative estimate of drug-likeness (QED) is 0.794. The predicted molar refractivity (Wildman–Crippen MR) is 110 cm³/mol. The minimum Gasteiger partial charge on any atom is -0.338 e. The SMILES string of the molecule is CC1CC(C)CN(C(=O)c2cccc(S(=O)(=O)N3CCc4ccccc43)c2)C1. The van der Waals surface area contributed by atoms with E-state index in [1.54, 1.807) is 18.2 Å². The number of carbonyl (C=O) groups is 1. The van der Waals surface area contributed by atoms with E-state index in [1.165, 1.54) is 10.4 Å². The van der Waals surface area contributed by atoms with Gasteiger partial charge in [-0.1, -0.05) is 38.1 Å². The lowest BCUT2D eigenvalue weighted by molar-refractivity contribution is 0.0623. The number of nitrogens with zero attached hydrogens (tertiary/aromatic N) is 2. The number of likely N-dealkylation sites (tertiary alicyclic amines) is 1. The first-order valence-corrected chi connectivity index (χ1v) is 11.3. The lowest BCUT2D eigenvalue weighted by Gasteiger charge is -2.35. The molecule has 0 saturated carbocycles. The van der Waals surface area contributed by atoms with Gasteiger partial charge >= 0.3 is 0 Å². The molecule has 1 amide bonds. The summed E-state index contributed by atoms with van der Waals surface area (Å²) in [6, 6.07) is 14.1. The summed E-state index contributed by atoms with van der Waals surface area (Å²) in [7, 11) is -3.70. The Balaban J connectivity index is 1.63. The molecule has 1 fully saturated rings. The molecule has 0 bridgehead atoms. The fourth-order valence-corrected chi connectivity index (χ4v) is 6.04. The number of hydrogen-bond donors (Lipinski definition) is 0. The number of piperidine rings is 1. The molecule has 2 aliphatic rings. The summed E-state index contributed by atoms with van der Waals surface area (Å²) in [6.07, 6.45) is 1.82. The summed E-state index contributed by atoms with van der Waals surface area (Å²) in [6.45, 7) is 6.18. The highest BCUT2D eigenvalue weighted by atomic mass is 32.2. The molecule has 0 aliphatic carbocycles. The van der Waals surface area contributed by atoms with Gasteiger partial charge in [0.05, 0.1) is 10.6 Å². The highest BCUT2D eigenvalue weighted by molar-refractivity contribution is 7.92. The van der Waals surface area contributed by atoms with Crippen molar-refractivity contribution < 1.29 is 13.2 Å². The minimum atomic E-state index is -3.70. The van der Waals surface area contributed by atoms with Crippen molar-refractivity contribution in [2.24, 2.45) is 11.8 Å². The van der Waals surface area contributed by atoms with Gasteiger partial charge in [0.1, 0.15) is 0 Å². The molecule has 1 saturated heterocycles. The second-order valence-corrected chi connectivity index (χ2v) is 10.0. The van der Waals surface area contributed by atoms with E-state index in [9.17, 15) is 13.2 Å². The van der Waals surface area contributed by atoms with Crippen molar-refractivity contribution in [2.45, 2.75) is 31.6 Å². The van der Waals surface area contributed by atoms with Crippen LogP contribution in [-0.4, -0.2) is 38.9 Å². The summed E-state index contributed by atoms with van der Waals surface area (Å²) in [5.74, 6) is 0.832. The van der Waals surface area contributed by atoms with Crippen LogP contribution < -0.4 is 4.31 Å². The molecule has 148 valence electrons. The third kappa shape index (κ3) is 3.41. The van der Waals surface area contributed by atoms with Crippen LogP contribution in [0.2, 0.25) is 0 Å². The molecule has 6 heteroatoms. The second kappa shape index (κ2) is 7.24. The van der Waals surface area contributed by atoms with Crippen molar-refractivity contribution in [2.75, 3.05) is 23.9 Å². The van der Waals surface area contributed by atoms with Gasteiger partial charge in [0.15, 0.2) is 0 Å². The van der Waals surface area contributed by atoms with Crippen LogP contribution in [-0.2, 0) is 16.4 Å². The smallest absolute Gasteiger partial charge is 0.264 e.